The van der Waals surface area contributed by atoms with E-state index >= 15 is 0 Å². The second-order valence-corrected chi connectivity index (χ2v) is 7.18. The van der Waals surface area contributed by atoms with Crippen molar-refractivity contribution in [3.63, 3.8) is 0 Å². The zero-order valence-electron chi connectivity index (χ0n) is 15.0. The predicted octanol–water partition coefficient (Wildman–Crippen LogP) is 1.55. The molecule has 1 aromatic rings. The number of likely N-dealkylation sites (tertiary alicyclic amines) is 1. The van der Waals surface area contributed by atoms with Gasteiger partial charge in [-0.25, -0.2) is 4.79 Å². The van der Waals surface area contributed by atoms with Crippen LogP contribution in [0.15, 0.2) is 9.59 Å². The molecule has 25 heavy (non-hydrogen) atoms. The predicted molar refractivity (Wildman–Crippen MR) is 97.2 cm³/mol. The minimum atomic E-state index is -0.402. The first-order valence-electron chi connectivity index (χ1n) is 9.27. The normalized spacial score (nSPS) is 22.2. The Kier molecular flexibility index (Phi) is 5.30. The van der Waals surface area contributed by atoms with Gasteiger partial charge in [0.25, 0.3) is 10.9 Å². The van der Waals surface area contributed by atoms with Crippen LogP contribution in [0.3, 0.4) is 0 Å². The molecular weight excluding hydrogens is 322 g/mol. The number of nitrogens with one attached hydrogen (secondary N) is 1. The van der Waals surface area contributed by atoms with Gasteiger partial charge in [0.15, 0.2) is 0 Å². The smallest absolute Gasteiger partial charge is 0.409 e. The molecule has 2 heterocycles. The van der Waals surface area contributed by atoms with E-state index in [1.807, 2.05) is 0 Å². The number of ether oxygens (including phenoxy) is 1. The molecular formula is C18H27N3O4. The van der Waals surface area contributed by atoms with Crippen LogP contribution in [-0.2, 0) is 4.74 Å². The minimum Gasteiger partial charge on any atom is -0.450 e. The number of amides is 1. The van der Waals surface area contributed by atoms with E-state index in [0.717, 1.165) is 32.4 Å². The number of piperidine rings is 2. The van der Waals surface area contributed by atoms with E-state index in [-0.39, 0.29) is 17.6 Å². The maximum Gasteiger partial charge on any atom is 0.409 e. The fourth-order valence-electron chi connectivity index (χ4n) is 3.83. The van der Waals surface area contributed by atoms with E-state index in [0.29, 0.717) is 37.0 Å². The molecule has 7 heteroatoms. The Balaban J connectivity index is 1.61. The van der Waals surface area contributed by atoms with Crippen LogP contribution in [0, 0.1) is 5.92 Å². The van der Waals surface area contributed by atoms with Crippen molar-refractivity contribution in [3.8, 4) is 0 Å². The molecule has 0 spiro atoms. The first kappa shape index (κ1) is 17.8. The largest absolute Gasteiger partial charge is 0.450 e. The third kappa shape index (κ3) is 3.65. The van der Waals surface area contributed by atoms with Crippen molar-refractivity contribution in [3.05, 3.63) is 20.4 Å². The van der Waals surface area contributed by atoms with E-state index in [1.165, 1.54) is 6.42 Å². The van der Waals surface area contributed by atoms with Gasteiger partial charge in [-0.1, -0.05) is 6.92 Å². The quantitative estimate of drug-likeness (QED) is 0.831. The number of rotatable bonds is 4. The number of anilines is 2. The first-order valence-corrected chi connectivity index (χ1v) is 9.27. The van der Waals surface area contributed by atoms with E-state index in [9.17, 15) is 14.4 Å². The summed E-state index contributed by atoms with van der Waals surface area (Å²) in [6.07, 6.45) is 3.43. The number of carbonyl (C=O) groups excluding carboxylic acids is 1. The molecule has 2 fully saturated rings. The van der Waals surface area contributed by atoms with Gasteiger partial charge in [0.2, 0.25) is 0 Å². The summed E-state index contributed by atoms with van der Waals surface area (Å²) >= 11 is 0. The van der Waals surface area contributed by atoms with Crippen LogP contribution in [0.25, 0.3) is 0 Å². The van der Waals surface area contributed by atoms with Gasteiger partial charge in [-0.15, -0.1) is 0 Å². The SMILES string of the molecule is CCOC(=O)N1CCC(Nc2c(N3CCC[C@H](C)C3)c(=O)c2=O)CC1. The summed E-state index contributed by atoms with van der Waals surface area (Å²) in [6.45, 7) is 7.21. The Bertz CT molecular complexity index is 687. The summed E-state index contributed by atoms with van der Waals surface area (Å²) in [5, 5.41) is 3.28. The van der Waals surface area contributed by atoms with Gasteiger partial charge in [0.05, 0.1) is 6.61 Å². The Morgan fingerprint density at radius 1 is 1.16 bits per heavy atom. The molecule has 0 bridgehead atoms. The zero-order valence-corrected chi connectivity index (χ0v) is 15.0. The maximum absolute atomic E-state index is 12.1. The molecule has 0 aromatic heterocycles. The summed E-state index contributed by atoms with van der Waals surface area (Å²) in [7, 11) is 0. The lowest BCUT2D eigenvalue weighted by Gasteiger charge is -2.36. The summed E-state index contributed by atoms with van der Waals surface area (Å²) in [5.74, 6) is 0.541. The molecule has 1 atom stereocenters. The number of hydrogen-bond donors (Lipinski definition) is 1. The molecule has 1 N–H and O–H groups in total. The highest BCUT2D eigenvalue weighted by Crippen LogP contribution is 2.27. The Hall–Kier alpha value is -2.05. The highest BCUT2D eigenvalue weighted by molar-refractivity contribution is 5.75. The fourth-order valence-corrected chi connectivity index (χ4v) is 3.83. The van der Waals surface area contributed by atoms with Crippen LogP contribution in [0.2, 0.25) is 0 Å². The molecule has 1 aromatic carbocycles. The van der Waals surface area contributed by atoms with Gasteiger partial charge in [-0.3, -0.25) is 9.59 Å². The Morgan fingerprint density at radius 2 is 1.88 bits per heavy atom. The minimum absolute atomic E-state index is 0.106. The van der Waals surface area contributed by atoms with Gasteiger partial charge in [-0.2, -0.15) is 0 Å². The van der Waals surface area contributed by atoms with Crippen molar-refractivity contribution in [1.29, 1.82) is 0 Å². The van der Waals surface area contributed by atoms with Crippen LogP contribution in [0.5, 0.6) is 0 Å². The summed E-state index contributed by atoms with van der Waals surface area (Å²) < 4.78 is 5.02. The third-order valence-corrected chi connectivity index (χ3v) is 5.23. The summed E-state index contributed by atoms with van der Waals surface area (Å²) in [6, 6.07) is 0.106. The summed E-state index contributed by atoms with van der Waals surface area (Å²) in [5.41, 5.74) is 0.291. The molecule has 2 aliphatic rings. The average molecular weight is 349 g/mol. The lowest BCUT2D eigenvalue weighted by Crippen LogP contribution is -2.48. The van der Waals surface area contributed by atoms with Gasteiger partial charge < -0.3 is 19.9 Å². The molecule has 2 aliphatic heterocycles. The van der Waals surface area contributed by atoms with Crippen molar-refractivity contribution in [2.75, 3.05) is 43.0 Å². The summed E-state index contributed by atoms with van der Waals surface area (Å²) in [4.78, 5) is 39.6. The lowest BCUT2D eigenvalue weighted by atomic mass is 9.98. The molecule has 0 aliphatic carbocycles. The molecule has 2 saturated heterocycles. The lowest BCUT2D eigenvalue weighted by molar-refractivity contribution is 0.0983. The van der Waals surface area contributed by atoms with Crippen molar-refractivity contribution in [1.82, 2.24) is 4.90 Å². The molecule has 1 amide bonds. The standard InChI is InChI=1S/C18H27N3O4/c1-3-25-18(24)20-9-6-13(7-10-20)19-14-15(17(23)16(14)22)21-8-4-5-12(2)11-21/h12-13,19H,3-11H2,1-2H3/t12-/m0/s1. The monoisotopic (exact) mass is 349 g/mol. The van der Waals surface area contributed by atoms with Gasteiger partial charge in [0, 0.05) is 32.2 Å². The molecule has 0 unspecified atom stereocenters. The molecule has 138 valence electrons. The van der Waals surface area contributed by atoms with Crippen molar-refractivity contribution >= 4 is 17.5 Å². The molecule has 7 nitrogen and oxygen atoms in total. The number of carbonyl (C=O) groups is 1. The van der Waals surface area contributed by atoms with E-state index in [2.05, 4.69) is 17.1 Å². The van der Waals surface area contributed by atoms with Crippen molar-refractivity contribution in [2.45, 2.75) is 45.6 Å². The Labute approximate surface area is 147 Å². The van der Waals surface area contributed by atoms with Crippen molar-refractivity contribution < 1.29 is 9.53 Å². The van der Waals surface area contributed by atoms with Crippen LogP contribution in [-0.4, -0.2) is 49.8 Å². The van der Waals surface area contributed by atoms with Crippen LogP contribution in [0.1, 0.15) is 39.5 Å². The van der Waals surface area contributed by atoms with E-state index in [4.69, 9.17) is 4.74 Å². The van der Waals surface area contributed by atoms with Gasteiger partial charge in [-0.05, 0) is 38.5 Å². The zero-order chi connectivity index (χ0) is 18.0. The molecule has 0 saturated carbocycles. The number of nitrogens with zero attached hydrogens (tertiary/aromatic N) is 2. The number of hydrogen-bond acceptors (Lipinski definition) is 6. The maximum atomic E-state index is 12.1. The van der Waals surface area contributed by atoms with Gasteiger partial charge >= 0.3 is 6.09 Å². The van der Waals surface area contributed by atoms with E-state index in [1.54, 1.807) is 11.8 Å². The average Bonchev–Trinajstić information content (AvgIpc) is 2.61. The van der Waals surface area contributed by atoms with Gasteiger partial charge in [0.1, 0.15) is 11.4 Å². The van der Waals surface area contributed by atoms with Crippen LogP contribution in [0.4, 0.5) is 16.2 Å². The van der Waals surface area contributed by atoms with Crippen LogP contribution >= 0.6 is 0 Å². The molecule has 0 radical (unpaired) electrons. The highest BCUT2D eigenvalue weighted by atomic mass is 16.6. The second kappa shape index (κ2) is 7.45. The molecule has 3 rings (SSSR count). The fraction of sp³-hybridized carbons (Fsp3) is 0.722. The second-order valence-electron chi connectivity index (χ2n) is 7.18. The third-order valence-electron chi connectivity index (χ3n) is 5.23. The van der Waals surface area contributed by atoms with Crippen molar-refractivity contribution in [2.24, 2.45) is 5.92 Å². The van der Waals surface area contributed by atoms with E-state index < -0.39 is 5.43 Å². The van der Waals surface area contributed by atoms with Crippen LogP contribution < -0.4 is 21.1 Å². The Morgan fingerprint density at radius 3 is 2.52 bits per heavy atom. The highest BCUT2D eigenvalue weighted by Gasteiger charge is 2.31. The first-order chi connectivity index (χ1) is 12.0. The topological polar surface area (TPSA) is 79.0 Å².